The van der Waals surface area contributed by atoms with Gasteiger partial charge >= 0.3 is 6.03 Å². The molecule has 0 bridgehead atoms. The van der Waals surface area contributed by atoms with Crippen molar-refractivity contribution in [1.82, 2.24) is 8.87 Å². The minimum absolute atomic E-state index is 0.128. The molecule has 1 fully saturated rings. The van der Waals surface area contributed by atoms with Crippen LogP contribution in [0.5, 0.6) is 0 Å². The highest BCUT2D eigenvalue weighted by atomic mass is 32.2. The standard InChI is InChI=1S/C20H23N3O3S2/c1-2-28(25,26)22-8-5-14(6-9-22)18-12-23(20(21)24)19-4-3-15(11-17(18)19)16-7-10-27-13-16/h3-4,7,10-14H,2,5-6,8-9H2,1H3,(H2,21,24). The molecule has 0 radical (unpaired) electrons. The number of sulfonamides is 1. The van der Waals surface area contributed by atoms with Gasteiger partial charge in [0, 0.05) is 24.7 Å². The van der Waals surface area contributed by atoms with Crippen LogP contribution in [0.3, 0.4) is 0 Å². The Morgan fingerprint density at radius 3 is 2.57 bits per heavy atom. The first-order valence-electron chi connectivity index (χ1n) is 9.36. The van der Waals surface area contributed by atoms with Gasteiger partial charge in [-0.2, -0.15) is 11.3 Å². The van der Waals surface area contributed by atoms with Gasteiger partial charge in [0.2, 0.25) is 10.0 Å². The average Bonchev–Trinajstić information content (AvgIpc) is 3.35. The van der Waals surface area contributed by atoms with Gasteiger partial charge in [-0.25, -0.2) is 17.5 Å². The highest BCUT2D eigenvalue weighted by Gasteiger charge is 2.29. The topological polar surface area (TPSA) is 85.4 Å². The van der Waals surface area contributed by atoms with E-state index in [0.717, 1.165) is 40.4 Å². The molecule has 1 aromatic carbocycles. The van der Waals surface area contributed by atoms with Crippen LogP contribution in [-0.2, 0) is 10.0 Å². The molecule has 1 amide bonds. The number of thiophene rings is 1. The lowest BCUT2D eigenvalue weighted by molar-refractivity contribution is 0.251. The largest absolute Gasteiger partial charge is 0.351 e. The summed E-state index contributed by atoms with van der Waals surface area (Å²) in [6.45, 7) is 2.69. The molecule has 8 heteroatoms. The first kappa shape index (κ1) is 19.2. The number of carbonyl (C=O) groups excluding carboxylic acids is 1. The van der Waals surface area contributed by atoms with Crippen molar-refractivity contribution < 1.29 is 13.2 Å². The van der Waals surface area contributed by atoms with E-state index in [4.69, 9.17) is 5.73 Å². The Kier molecular flexibility index (Phi) is 5.03. The second-order valence-electron chi connectivity index (χ2n) is 7.11. The van der Waals surface area contributed by atoms with E-state index >= 15 is 0 Å². The van der Waals surface area contributed by atoms with Crippen LogP contribution in [0, 0.1) is 0 Å². The summed E-state index contributed by atoms with van der Waals surface area (Å²) in [5, 5.41) is 5.15. The highest BCUT2D eigenvalue weighted by Crippen LogP contribution is 2.37. The van der Waals surface area contributed by atoms with Crippen LogP contribution in [0.4, 0.5) is 4.79 Å². The van der Waals surface area contributed by atoms with Crippen LogP contribution in [0.25, 0.3) is 22.0 Å². The first-order valence-corrected chi connectivity index (χ1v) is 11.9. The fourth-order valence-electron chi connectivity index (χ4n) is 4.00. The molecule has 3 heterocycles. The lowest BCUT2D eigenvalue weighted by Gasteiger charge is -2.30. The van der Waals surface area contributed by atoms with E-state index in [1.165, 1.54) is 4.57 Å². The summed E-state index contributed by atoms with van der Waals surface area (Å²) in [7, 11) is -3.16. The number of rotatable bonds is 4. The van der Waals surface area contributed by atoms with Crippen LogP contribution in [0.1, 0.15) is 31.2 Å². The van der Waals surface area contributed by atoms with Crippen LogP contribution >= 0.6 is 11.3 Å². The number of nitrogens with two attached hydrogens (primary N) is 1. The Labute approximate surface area is 168 Å². The van der Waals surface area contributed by atoms with Gasteiger partial charge in [-0.1, -0.05) is 6.07 Å². The molecule has 1 aliphatic heterocycles. The number of hydrogen-bond acceptors (Lipinski definition) is 4. The summed E-state index contributed by atoms with van der Waals surface area (Å²) in [4.78, 5) is 11.9. The fraction of sp³-hybridized carbons (Fsp3) is 0.350. The Morgan fingerprint density at radius 1 is 1.21 bits per heavy atom. The van der Waals surface area contributed by atoms with E-state index in [0.29, 0.717) is 13.1 Å². The second kappa shape index (κ2) is 7.35. The van der Waals surface area contributed by atoms with Crippen molar-refractivity contribution >= 4 is 38.3 Å². The summed E-state index contributed by atoms with van der Waals surface area (Å²) in [5.74, 6) is 0.326. The molecule has 0 saturated carbocycles. The summed E-state index contributed by atoms with van der Waals surface area (Å²) in [5.41, 5.74) is 9.70. The monoisotopic (exact) mass is 417 g/mol. The van der Waals surface area contributed by atoms with Crippen molar-refractivity contribution in [3.8, 4) is 11.1 Å². The normalized spacial score (nSPS) is 16.6. The molecule has 0 spiro atoms. The quantitative estimate of drug-likeness (QED) is 0.700. The van der Waals surface area contributed by atoms with Crippen molar-refractivity contribution in [2.75, 3.05) is 18.8 Å². The van der Waals surface area contributed by atoms with Gasteiger partial charge < -0.3 is 5.73 Å². The van der Waals surface area contributed by atoms with Crippen LogP contribution in [0.15, 0.2) is 41.2 Å². The van der Waals surface area contributed by atoms with Gasteiger partial charge in [0.05, 0.1) is 11.3 Å². The number of piperidine rings is 1. The minimum Gasteiger partial charge on any atom is -0.351 e. The van der Waals surface area contributed by atoms with Crippen molar-refractivity contribution in [3.63, 3.8) is 0 Å². The smallest absolute Gasteiger partial charge is 0.323 e. The summed E-state index contributed by atoms with van der Waals surface area (Å²) in [6.07, 6.45) is 3.30. The molecule has 28 heavy (non-hydrogen) atoms. The third-order valence-corrected chi connectivity index (χ3v) is 8.14. The Bertz CT molecular complexity index is 1110. The van der Waals surface area contributed by atoms with Crippen molar-refractivity contribution in [2.45, 2.75) is 25.7 Å². The third kappa shape index (κ3) is 3.36. The molecule has 0 unspecified atom stereocenters. The summed E-state index contributed by atoms with van der Waals surface area (Å²) >= 11 is 1.65. The molecule has 0 atom stereocenters. The molecule has 148 valence electrons. The highest BCUT2D eigenvalue weighted by molar-refractivity contribution is 7.89. The van der Waals surface area contributed by atoms with Crippen molar-refractivity contribution in [2.24, 2.45) is 5.73 Å². The molecule has 4 rings (SSSR count). The minimum atomic E-state index is -3.16. The van der Waals surface area contributed by atoms with Crippen molar-refractivity contribution in [1.29, 1.82) is 0 Å². The van der Waals surface area contributed by atoms with E-state index in [2.05, 4.69) is 17.5 Å². The number of carbonyl (C=O) groups is 1. The lowest BCUT2D eigenvalue weighted by atomic mass is 9.89. The van der Waals surface area contributed by atoms with Crippen LogP contribution in [0.2, 0.25) is 0 Å². The van der Waals surface area contributed by atoms with Crippen LogP contribution in [-0.4, -0.2) is 42.2 Å². The predicted octanol–water partition coefficient (Wildman–Crippen LogP) is 3.83. The van der Waals surface area contributed by atoms with Gasteiger partial charge in [0.1, 0.15) is 0 Å². The Morgan fingerprint density at radius 2 is 1.96 bits per heavy atom. The molecule has 2 aromatic heterocycles. The number of amides is 1. The maximum Gasteiger partial charge on any atom is 0.323 e. The van der Waals surface area contributed by atoms with Gasteiger partial charge in [0.25, 0.3) is 0 Å². The van der Waals surface area contributed by atoms with E-state index in [1.807, 2.05) is 23.7 Å². The molecular formula is C20H23N3O3S2. The zero-order chi connectivity index (χ0) is 19.9. The Balaban J connectivity index is 1.72. The Hall–Kier alpha value is -2.16. The van der Waals surface area contributed by atoms with Gasteiger partial charge in [-0.3, -0.25) is 4.57 Å². The molecule has 6 nitrogen and oxygen atoms in total. The molecule has 1 saturated heterocycles. The molecule has 2 N–H and O–H groups in total. The number of primary amides is 1. The van der Waals surface area contributed by atoms with E-state index in [-0.39, 0.29) is 11.7 Å². The molecule has 1 aliphatic rings. The SMILES string of the molecule is CCS(=O)(=O)N1CCC(c2cn(C(N)=O)c3ccc(-c4ccsc4)cc23)CC1. The maximum absolute atomic E-state index is 12.1. The van der Waals surface area contributed by atoms with Gasteiger partial charge in [-0.15, -0.1) is 0 Å². The number of nitrogens with zero attached hydrogens (tertiary/aromatic N) is 2. The summed E-state index contributed by atoms with van der Waals surface area (Å²) < 4.78 is 27.4. The molecular weight excluding hydrogens is 394 g/mol. The number of hydrogen-bond donors (Lipinski definition) is 1. The molecule has 3 aromatic rings. The van der Waals surface area contributed by atoms with Gasteiger partial charge in [-0.05, 0) is 71.3 Å². The third-order valence-electron chi connectivity index (χ3n) is 5.58. The first-order chi connectivity index (χ1) is 13.4. The number of benzene rings is 1. The van der Waals surface area contributed by atoms with E-state index in [1.54, 1.807) is 22.6 Å². The summed E-state index contributed by atoms with van der Waals surface area (Å²) in [6, 6.07) is 7.62. The predicted molar refractivity (Wildman–Crippen MR) is 113 cm³/mol. The fourth-order valence-corrected chi connectivity index (χ4v) is 5.80. The lowest BCUT2D eigenvalue weighted by Crippen LogP contribution is -2.38. The second-order valence-corrected chi connectivity index (χ2v) is 10.1. The van der Waals surface area contributed by atoms with Crippen molar-refractivity contribution in [3.05, 3.63) is 46.8 Å². The maximum atomic E-state index is 12.1. The molecule has 0 aliphatic carbocycles. The van der Waals surface area contributed by atoms with Gasteiger partial charge in [0.15, 0.2) is 0 Å². The number of aromatic nitrogens is 1. The number of fused-ring (bicyclic) bond motifs is 1. The zero-order valence-corrected chi connectivity index (χ0v) is 17.3. The zero-order valence-electron chi connectivity index (χ0n) is 15.7. The van der Waals surface area contributed by atoms with E-state index in [9.17, 15) is 13.2 Å². The van der Waals surface area contributed by atoms with E-state index < -0.39 is 16.1 Å². The van der Waals surface area contributed by atoms with Crippen LogP contribution < -0.4 is 5.73 Å². The average molecular weight is 418 g/mol.